The molecule has 1 aromatic rings. The quantitative estimate of drug-likeness (QED) is 0.583. The molecule has 3 heteroatoms. The van der Waals surface area contributed by atoms with Crippen LogP contribution in [0, 0.1) is 0 Å². The lowest BCUT2D eigenvalue weighted by Gasteiger charge is -1.92. The van der Waals surface area contributed by atoms with Crippen LogP contribution < -0.4 is 9.40 Å². The summed E-state index contributed by atoms with van der Waals surface area (Å²) in [6.45, 7) is 5.90. The van der Waals surface area contributed by atoms with Crippen molar-refractivity contribution in [3.8, 4) is 0 Å². The van der Waals surface area contributed by atoms with Gasteiger partial charge in [0.25, 0.3) is 6.33 Å². The molecule has 0 aromatic carbocycles. The molecule has 0 aliphatic heterocycles. The molecule has 62 valence electrons. The first-order valence-electron chi connectivity index (χ1n) is 4.07. The molecule has 0 saturated heterocycles. The molecular formula is C8H15N2O+. The first-order valence-corrected chi connectivity index (χ1v) is 4.07. The van der Waals surface area contributed by atoms with E-state index in [9.17, 15) is 0 Å². The van der Waals surface area contributed by atoms with Gasteiger partial charge in [-0.05, 0) is 13.3 Å². The van der Waals surface area contributed by atoms with Gasteiger partial charge in [-0.3, -0.25) is 0 Å². The number of aryl methyl sites for hydroxylation is 1. The fourth-order valence-corrected chi connectivity index (χ4v) is 0.990. The molecule has 1 aromatic heterocycles. The molecule has 0 spiro atoms. The van der Waals surface area contributed by atoms with E-state index in [1.54, 1.807) is 4.73 Å². The van der Waals surface area contributed by atoms with Gasteiger partial charge >= 0.3 is 0 Å². The van der Waals surface area contributed by atoms with E-state index in [0.29, 0.717) is 6.61 Å². The van der Waals surface area contributed by atoms with E-state index in [1.807, 2.05) is 25.6 Å². The standard InChI is InChI=1S/C8H15N2O/c1-3-5-9-6-7-10(8-9)11-4-2/h6-8H,3-5H2,1-2H3/q+1. The van der Waals surface area contributed by atoms with Gasteiger partial charge in [0.15, 0.2) is 6.20 Å². The summed E-state index contributed by atoms with van der Waals surface area (Å²) in [6.07, 6.45) is 7.03. The van der Waals surface area contributed by atoms with Gasteiger partial charge in [0, 0.05) is 0 Å². The Morgan fingerprint density at radius 3 is 2.91 bits per heavy atom. The smallest absolute Gasteiger partial charge is 0.284 e. The highest BCUT2D eigenvalue weighted by Gasteiger charge is 2.00. The molecule has 11 heavy (non-hydrogen) atoms. The van der Waals surface area contributed by atoms with Crippen LogP contribution in [0.2, 0.25) is 0 Å². The minimum atomic E-state index is 0.709. The summed E-state index contributed by atoms with van der Waals surface area (Å²) in [5.41, 5.74) is 0. The molecule has 0 N–H and O–H groups in total. The van der Waals surface area contributed by atoms with Crippen molar-refractivity contribution in [1.82, 2.24) is 4.73 Å². The molecule has 0 unspecified atom stereocenters. The van der Waals surface area contributed by atoms with Gasteiger partial charge in [-0.15, -0.1) is 0 Å². The Balaban J connectivity index is 2.51. The lowest BCUT2D eigenvalue weighted by Crippen LogP contribution is -2.30. The largest absolute Gasteiger partial charge is 0.336 e. The Hall–Kier alpha value is -0.990. The minimum absolute atomic E-state index is 0.709. The van der Waals surface area contributed by atoms with E-state index >= 15 is 0 Å². The third-order valence-electron chi connectivity index (χ3n) is 1.43. The Bertz CT molecular complexity index is 187. The Morgan fingerprint density at radius 1 is 1.45 bits per heavy atom. The van der Waals surface area contributed by atoms with Crippen molar-refractivity contribution >= 4 is 0 Å². The highest BCUT2D eigenvalue weighted by molar-refractivity contribution is 4.60. The first-order chi connectivity index (χ1) is 5.36. The highest BCUT2D eigenvalue weighted by Crippen LogP contribution is 1.81. The summed E-state index contributed by atoms with van der Waals surface area (Å²) in [7, 11) is 0. The SMILES string of the molecule is CCC[n+]1ccn(OCC)c1. The second kappa shape index (κ2) is 4.01. The lowest BCUT2D eigenvalue weighted by molar-refractivity contribution is -0.697. The van der Waals surface area contributed by atoms with E-state index in [4.69, 9.17) is 4.84 Å². The van der Waals surface area contributed by atoms with Crippen LogP contribution in [0.1, 0.15) is 20.3 Å². The van der Waals surface area contributed by atoms with E-state index in [0.717, 1.165) is 13.0 Å². The molecule has 0 aliphatic rings. The number of rotatable bonds is 4. The Kier molecular flexibility index (Phi) is 2.95. The molecular weight excluding hydrogens is 140 g/mol. The van der Waals surface area contributed by atoms with Gasteiger partial charge in [-0.25, -0.2) is 4.57 Å². The molecule has 0 atom stereocenters. The molecule has 0 bridgehead atoms. The molecule has 0 amide bonds. The maximum atomic E-state index is 5.23. The van der Waals surface area contributed by atoms with Gasteiger partial charge in [-0.2, -0.15) is 0 Å². The maximum absolute atomic E-state index is 5.23. The zero-order valence-electron chi connectivity index (χ0n) is 7.16. The van der Waals surface area contributed by atoms with Gasteiger partial charge in [-0.1, -0.05) is 11.7 Å². The summed E-state index contributed by atoms with van der Waals surface area (Å²) < 4.78 is 3.84. The van der Waals surface area contributed by atoms with Crippen molar-refractivity contribution in [3.05, 3.63) is 18.7 Å². The third-order valence-corrected chi connectivity index (χ3v) is 1.43. The minimum Gasteiger partial charge on any atom is -0.336 e. The van der Waals surface area contributed by atoms with Crippen LogP contribution in [0.15, 0.2) is 18.7 Å². The van der Waals surface area contributed by atoms with E-state index < -0.39 is 0 Å². The van der Waals surface area contributed by atoms with Gasteiger partial charge in [0.05, 0.1) is 6.54 Å². The zero-order chi connectivity index (χ0) is 8.10. The summed E-state index contributed by atoms with van der Waals surface area (Å²) in [5, 5.41) is 0. The maximum Gasteiger partial charge on any atom is 0.284 e. The number of hydrogen-bond acceptors (Lipinski definition) is 1. The molecule has 0 aliphatic carbocycles. The average Bonchev–Trinajstić information content (AvgIpc) is 2.38. The fraction of sp³-hybridized carbons (Fsp3) is 0.625. The first kappa shape index (κ1) is 8.11. The predicted octanol–water partition coefficient (Wildman–Crippen LogP) is 0.634. The third kappa shape index (κ3) is 2.26. The van der Waals surface area contributed by atoms with E-state index in [1.165, 1.54) is 0 Å². The summed E-state index contributed by atoms with van der Waals surface area (Å²) >= 11 is 0. The van der Waals surface area contributed by atoms with E-state index in [-0.39, 0.29) is 0 Å². The summed E-state index contributed by atoms with van der Waals surface area (Å²) in [4.78, 5) is 5.23. The second-order valence-corrected chi connectivity index (χ2v) is 2.43. The van der Waals surface area contributed by atoms with Crippen LogP contribution in [-0.2, 0) is 6.54 Å². The van der Waals surface area contributed by atoms with Crippen molar-refractivity contribution in [3.63, 3.8) is 0 Å². The predicted molar refractivity (Wildman–Crippen MR) is 42.0 cm³/mol. The topological polar surface area (TPSA) is 18.0 Å². The molecule has 0 fully saturated rings. The van der Waals surface area contributed by atoms with Crippen LogP contribution >= 0.6 is 0 Å². The van der Waals surface area contributed by atoms with Crippen molar-refractivity contribution in [2.45, 2.75) is 26.8 Å². The lowest BCUT2D eigenvalue weighted by atomic mass is 10.5. The highest BCUT2D eigenvalue weighted by atomic mass is 16.7. The van der Waals surface area contributed by atoms with Gasteiger partial charge in [0.2, 0.25) is 0 Å². The molecule has 1 rings (SSSR count). The molecule has 3 nitrogen and oxygen atoms in total. The molecule has 1 heterocycles. The number of nitrogens with zero attached hydrogens (tertiary/aromatic N) is 2. The second-order valence-electron chi connectivity index (χ2n) is 2.43. The number of aromatic nitrogens is 2. The average molecular weight is 155 g/mol. The summed E-state index contributed by atoms with van der Waals surface area (Å²) in [5.74, 6) is 0. The Labute approximate surface area is 67.2 Å². The van der Waals surface area contributed by atoms with Crippen LogP contribution in [0.5, 0.6) is 0 Å². The Morgan fingerprint density at radius 2 is 2.27 bits per heavy atom. The van der Waals surface area contributed by atoms with Crippen molar-refractivity contribution in [2.75, 3.05) is 6.61 Å². The van der Waals surface area contributed by atoms with Crippen LogP contribution in [0.25, 0.3) is 0 Å². The zero-order valence-corrected chi connectivity index (χ0v) is 7.16. The van der Waals surface area contributed by atoms with Crippen molar-refractivity contribution in [2.24, 2.45) is 0 Å². The molecule has 0 radical (unpaired) electrons. The van der Waals surface area contributed by atoms with Crippen LogP contribution in [0.4, 0.5) is 0 Å². The van der Waals surface area contributed by atoms with Crippen LogP contribution in [-0.4, -0.2) is 11.3 Å². The number of hydrogen-bond donors (Lipinski definition) is 0. The van der Waals surface area contributed by atoms with Gasteiger partial charge in [0.1, 0.15) is 12.8 Å². The molecule has 0 saturated carbocycles. The van der Waals surface area contributed by atoms with Gasteiger partial charge < -0.3 is 4.84 Å². The fourth-order valence-electron chi connectivity index (χ4n) is 0.990. The monoisotopic (exact) mass is 155 g/mol. The summed E-state index contributed by atoms with van der Waals surface area (Å²) in [6, 6.07) is 0. The van der Waals surface area contributed by atoms with Crippen molar-refractivity contribution < 1.29 is 9.40 Å². The van der Waals surface area contributed by atoms with Crippen LogP contribution in [0.3, 0.4) is 0 Å². The van der Waals surface area contributed by atoms with E-state index in [2.05, 4.69) is 11.5 Å². The number of imidazole rings is 1. The normalized spacial score (nSPS) is 10.0. The van der Waals surface area contributed by atoms with Crippen molar-refractivity contribution in [1.29, 1.82) is 0 Å².